The highest BCUT2D eigenvalue weighted by molar-refractivity contribution is 8.00. The number of hydrogen-bond donors (Lipinski definition) is 0. The molecule has 0 aromatic carbocycles. The molecule has 0 bridgehead atoms. The molecule has 0 N–H and O–H groups in total. The van der Waals surface area contributed by atoms with E-state index in [9.17, 15) is 0 Å². The van der Waals surface area contributed by atoms with E-state index in [4.69, 9.17) is 0 Å². The minimum Gasteiger partial charge on any atom is -0.285 e. The molecular formula is C44H72N2S2. The zero-order chi connectivity index (χ0) is 31.6. The predicted molar refractivity (Wildman–Crippen MR) is 206 cm³/mol. The van der Waals surface area contributed by atoms with Crippen LogP contribution in [0, 0.1) is 59.2 Å². The van der Waals surface area contributed by atoms with Crippen molar-refractivity contribution in [3.63, 3.8) is 0 Å². The number of hydrogen-bond acceptors (Lipinski definition) is 4. The lowest BCUT2D eigenvalue weighted by atomic mass is 9.46. The summed E-state index contributed by atoms with van der Waals surface area (Å²) in [6.45, 7) is 0. The minimum atomic E-state index is 0.859. The molecule has 0 spiro atoms. The fourth-order valence-electron chi connectivity index (χ4n) is 16.3. The molecule has 0 radical (unpaired) electrons. The van der Waals surface area contributed by atoms with Gasteiger partial charge < -0.3 is 0 Å². The summed E-state index contributed by atoms with van der Waals surface area (Å²) in [5, 5.41) is 1.72. The van der Waals surface area contributed by atoms with Crippen LogP contribution < -0.4 is 0 Å². The van der Waals surface area contributed by atoms with Crippen molar-refractivity contribution in [2.24, 2.45) is 59.2 Å². The smallest absolute Gasteiger partial charge is 0.0562 e. The van der Waals surface area contributed by atoms with Crippen LogP contribution in [0.5, 0.6) is 0 Å². The van der Waals surface area contributed by atoms with Gasteiger partial charge in [0, 0.05) is 24.2 Å². The molecule has 10 fully saturated rings. The monoisotopic (exact) mass is 693 g/mol. The van der Waals surface area contributed by atoms with Crippen LogP contribution in [0.25, 0.3) is 0 Å². The Morgan fingerprint density at radius 1 is 0.333 bits per heavy atom. The average Bonchev–Trinajstić information content (AvgIpc) is 3.88. The lowest BCUT2D eigenvalue weighted by Crippen LogP contribution is -2.64. The van der Waals surface area contributed by atoms with Crippen LogP contribution in [0.1, 0.15) is 167 Å². The maximum atomic E-state index is 3.37. The van der Waals surface area contributed by atoms with Crippen LogP contribution >= 0.6 is 23.5 Å². The lowest BCUT2D eigenvalue weighted by Gasteiger charge is -2.64. The summed E-state index contributed by atoms with van der Waals surface area (Å²) in [4.78, 5) is 6.75. The Kier molecular flexibility index (Phi) is 10.00. The van der Waals surface area contributed by atoms with E-state index in [0.717, 1.165) is 94.1 Å². The van der Waals surface area contributed by atoms with Crippen molar-refractivity contribution in [1.29, 1.82) is 0 Å². The van der Waals surface area contributed by atoms with Gasteiger partial charge in [-0.3, -0.25) is 9.80 Å². The molecule has 4 heteroatoms. The average molecular weight is 693 g/mol. The third kappa shape index (κ3) is 6.05. The summed E-state index contributed by atoms with van der Waals surface area (Å²) >= 11 is 4.81. The summed E-state index contributed by atoms with van der Waals surface area (Å²) < 4.78 is 0. The maximum absolute atomic E-state index is 3.37. The molecule has 10 rings (SSSR count). The van der Waals surface area contributed by atoms with E-state index < -0.39 is 0 Å². The molecule has 16 unspecified atom stereocenters. The zero-order valence-corrected chi connectivity index (χ0v) is 32.4. The van der Waals surface area contributed by atoms with Gasteiger partial charge in [-0.2, -0.15) is 0 Å². The number of fused-ring (bicyclic) bond motifs is 2. The van der Waals surface area contributed by atoms with Gasteiger partial charge >= 0.3 is 0 Å². The highest BCUT2D eigenvalue weighted by Crippen LogP contribution is 2.63. The topological polar surface area (TPSA) is 6.48 Å². The molecule has 2 nitrogen and oxygen atoms in total. The highest BCUT2D eigenvalue weighted by Gasteiger charge is 2.59. The SMILES string of the molecule is C1CCC2CC(N(C3CCCS3)C3CCC4CCC5C6C(CCC3C46)CCC5N(C3CCC4CCCCC4C3)C3CCCS3)CCC2C1. The van der Waals surface area contributed by atoms with E-state index >= 15 is 0 Å². The van der Waals surface area contributed by atoms with Crippen molar-refractivity contribution in [2.45, 2.75) is 202 Å². The van der Waals surface area contributed by atoms with Crippen LogP contribution in [0.15, 0.2) is 0 Å². The molecule has 2 saturated heterocycles. The molecule has 48 heavy (non-hydrogen) atoms. The van der Waals surface area contributed by atoms with Gasteiger partial charge in [0.25, 0.3) is 0 Å². The van der Waals surface area contributed by atoms with E-state index in [-0.39, 0.29) is 0 Å². The van der Waals surface area contributed by atoms with Crippen LogP contribution in [0.3, 0.4) is 0 Å². The molecule has 0 amide bonds. The van der Waals surface area contributed by atoms with Gasteiger partial charge in [-0.15, -0.1) is 23.5 Å². The Labute approximate surface area is 304 Å². The van der Waals surface area contributed by atoms with Gasteiger partial charge in [0.1, 0.15) is 0 Å². The van der Waals surface area contributed by atoms with E-state index in [1.54, 1.807) is 116 Å². The fraction of sp³-hybridized carbons (Fsp3) is 1.00. The Bertz CT molecular complexity index is 1000. The van der Waals surface area contributed by atoms with E-state index in [1.165, 1.54) is 62.9 Å². The molecule has 2 aliphatic heterocycles. The fourth-order valence-corrected chi connectivity index (χ4v) is 19.1. The van der Waals surface area contributed by atoms with E-state index in [2.05, 4.69) is 33.3 Å². The first-order chi connectivity index (χ1) is 23.8. The zero-order valence-electron chi connectivity index (χ0n) is 30.7. The first-order valence-electron chi connectivity index (χ1n) is 22.6. The van der Waals surface area contributed by atoms with Crippen molar-refractivity contribution in [3.05, 3.63) is 0 Å². The van der Waals surface area contributed by atoms with Crippen LogP contribution in [0.4, 0.5) is 0 Å². The molecule has 8 saturated carbocycles. The molecule has 0 aromatic rings. The number of nitrogens with zero attached hydrogens (tertiary/aromatic N) is 2. The standard InChI is InChI=1S/C44H72N2S2/c1-3-9-33-27-35(19-13-29(33)7-1)45(41-11-5-25-47-41)39-23-17-31-16-22-38-40(24-18-32-15-21-37(39)43(31)44(32)38)46(42-12-6-26-48-42)36-20-14-30-8-2-4-10-34(30)28-36/h29-44H,1-28H2. The van der Waals surface area contributed by atoms with Gasteiger partial charge in [0.05, 0.1) is 10.7 Å². The highest BCUT2D eigenvalue weighted by atomic mass is 32.2. The second-order valence-electron chi connectivity index (χ2n) is 19.8. The summed E-state index contributed by atoms with van der Waals surface area (Å²) in [7, 11) is 0. The van der Waals surface area contributed by atoms with Crippen LogP contribution in [0.2, 0.25) is 0 Å². The Morgan fingerprint density at radius 3 is 1.19 bits per heavy atom. The molecule has 16 atom stereocenters. The van der Waals surface area contributed by atoms with E-state index in [0.29, 0.717) is 0 Å². The van der Waals surface area contributed by atoms with Gasteiger partial charge in [-0.1, -0.05) is 51.4 Å². The van der Waals surface area contributed by atoms with Crippen molar-refractivity contribution >= 4 is 23.5 Å². The first-order valence-corrected chi connectivity index (χ1v) is 24.7. The van der Waals surface area contributed by atoms with Crippen LogP contribution in [-0.4, -0.2) is 56.2 Å². The minimum absolute atomic E-state index is 0.859. The normalized spacial score (nSPS) is 52.1. The van der Waals surface area contributed by atoms with Gasteiger partial charge in [0.15, 0.2) is 0 Å². The second kappa shape index (κ2) is 14.5. The van der Waals surface area contributed by atoms with Crippen molar-refractivity contribution in [1.82, 2.24) is 9.80 Å². The quantitative estimate of drug-likeness (QED) is 0.273. The van der Waals surface area contributed by atoms with Crippen molar-refractivity contribution in [3.8, 4) is 0 Å². The summed E-state index contributed by atoms with van der Waals surface area (Å²) in [6, 6.07) is 3.69. The molecule has 8 aliphatic carbocycles. The van der Waals surface area contributed by atoms with Crippen LogP contribution in [-0.2, 0) is 0 Å². The van der Waals surface area contributed by atoms with Gasteiger partial charge in [-0.05, 0) is 186 Å². The summed E-state index contributed by atoms with van der Waals surface area (Å²) in [5.74, 6) is 13.6. The van der Waals surface area contributed by atoms with Crippen molar-refractivity contribution < 1.29 is 0 Å². The largest absolute Gasteiger partial charge is 0.285 e. The Hall–Kier alpha value is 0.620. The molecule has 0 aromatic heterocycles. The lowest BCUT2D eigenvalue weighted by molar-refractivity contribution is -0.142. The van der Waals surface area contributed by atoms with Gasteiger partial charge in [-0.25, -0.2) is 0 Å². The van der Waals surface area contributed by atoms with E-state index in [1.807, 2.05) is 0 Å². The molecular weight excluding hydrogens is 621 g/mol. The third-order valence-electron chi connectivity index (χ3n) is 18.0. The Balaban J connectivity index is 0.927. The third-order valence-corrected chi connectivity index (χ3v) is 20.8. The first kappa shape index (κ1) is 33.2. The summed E-state index contributed by atoms with van der Waals surface area (Å²) in [6.07, 6.45) is 40.5. The number of rotatable bonds is 6. The predicted octanol–water partition coefficient (Wildman–Crippen LogP) is 11.6. The second-order valence-corrected chi connectivity index (χ2v) is 22.4. The molecule has 270 valence electrons. The summed E-state index contributed by atoms with van der Waals surface area (Å²) in [5.41, 5.74) is 0. The Morgan fingerprint density at radius 2 is 0.750 bits per heavy atom. The molecule has 10 aliphatic rings. The number of thioether (sulfide) groups is 2. The van der Waals surface area contributed by atoms with Crippen molar-refractivity contribution in [2.75, 3.05) is 11.5 Å². The maximum Gasteiger partial charge on any atom is 0.0562 e. The molecule has 2 heterocycles. The van der Waals surface area contributed by atoms with Gasteiger partial charge in [0.2, 0.25) is 0 Å².